The van der Waals surface area contributed by atoms with E-state index in [0.29, 0.717) is 16.5 Å². The third kappa shape index (κ3) is 5.87. The van der Waals surface area contributed by atoms with Crippen molar-refractivity contribution in [2.24, 2.45) is 0 Å². The minimum Gasteiger partial charge on any atom is -0.456 e. The van der Waals surface area contributed by atoms with Gasteiger partial charge >= 0.3 is 0 Å². The second-order valence-electron chi connectivity index (χ2n) is 9.13. The van der Waals surface area contributed by atoms with Crippen molar-refractivity contribution in [2.75, 3.05) is 5.32 Å². The zero-order valence-corrected chi connectivity index (χ0v) is 22.5. The van der Waals surface area contributed by atoms with Crippen molar-refractivity contribution in [3.05, 3.63) is 88.5 Å². The summed E-state index contributed by atoms with van der Waals surface area (Å²) >= 11 is 12.1. The summed E-state index contributed by atoms with van der Waals surface area (Å²) in [7, 11) is -3.70. The fourth-order valence-electron chi connectivity index (χ4n) is 4.62. The van der Waals surface area contributed by atoms with Crippen LogP contribution in [-0.4, -0.2) is 25.5 Å². The van der Waals surface area contributed by atoms with Gasteiger partial charge in [0.25, 0.3) is 0 Å². The highest BCUT2D eigenvalue weighted by Gasteiger charge is 2.26. The Kier molecular flexibility index (Phi) is 7.73. The molecule has 10 heteroatoms. The standard InChI is InChI=1S/C28H24Cl2N4O3S/c29-18-4-13-23-26(14-15-32-27(23)16-18)33-19-5-7-20(8-6-19)34-38(35,36)22-11-9-21(10-12-22)37-28-3-1-2-25(30)24(28)17-31/h1-4,9-16,19-20,34H,5-8H2,(H,32,33)/t19-,20+. The number of sulfonamides is 1. The molecule has 0 unspecified atom stereocenters. The van der Waals surface area contributed by atoms with Crippen molar-refractivity contribution >= 4 is 49.8 Å². The first-order valence-electron chi connectivity index (χ1n) is 12.1. The Bertz CT molecular complexity index is 1610. The van der Waals surface area contributed by atoms with Crippen LogP contribution in [0, 0.1) is 11.3 Å². The van der Waals surface area contributed by atoms with Gasteiger partial charge in [-0.2, -0.15) is 5.26 Å². The van der Waals surface area contributed by atoms with Crippen LogP contribution in [0.1, 0.15) is 31.2 Å². The lowest BCUT2D eigenvalue weighted by molar-refractivity contribution is 0.387. The highest BCUT2D eigenvalue weighted by molar-refractivity contribution is 7.89. The van der Waals surface area contributed by atoms with E-state index >= 15 is 0 Å². The number of nitriles is 1. The van der Waals surface area contributed by atoms with Crippen LogP contribution in [0.2, 0.25) is 10.0 Å². The van der Waals surface area contributed by atoms with E-state index in [1.165, 1.54) is 12.1 Å². The minimum absolute atomic E-state index is 0.147. The minimum atomic E-state index is -3.70. The maximum Gasteiger partial charge on any atom is 0.240 e. The van der Waals surface area contributed by atoms with Crippen molar-refractivity contribution in [3.8, 4) is 17.6 Å². The van der Waals surface area contributed by atoms with E-state index in [2.05, 4.69) is 15.0 Å². The predicted octanol–water partition coefficient (Wildman–Crippen LogP) is 6.91. The Balaban J connectivity index is 1.18. The van der Waals surface area contributed by atoms with Crippen LogP contribution < -0.4 is 14.8 Å². The Morgan fingerprint density at radius 3 is 2.42 bits per heavy atom. The number of anilines is 1. The highest BCUT2D eigenvalue weighted by atomic mass is 35.5. The molecule has 1 aliphatic rings. The van der Waals surface area contributed by atoms with E-state index in [9.17, 15) is 13.7 Å². The molecule has 3 aromatic carbocycles. The number of ether oxygens (including phenoxy) is 1. The number of hydrogen-bond acceptors (Lipinski definition) is 6. The molecule has 4 aromatic rings. The summed E-state index contributed by atoms with van der Waals surface area (Å²) in [6.45, 7) is 0. The van der Waals surface area contributed by atoms with Gasteiger partial charge in [0.05, 0.1) is 15.4 Å². The van der Waals surface area contributed by atoms with Gasteiger partial charge in [-0.05, 0) is 86.3 Å². The molecule has 1 fully saturated rings. The molecule has 1 saturated carbocycles. The molecule has 0 spiro atoms. The molecule has 0 atom stereocenters. The third-order valence-electron chi connectivity index (χ3n) is 6.56. The Labute approximate surface area is 231 Å². The number of nitrogens with zero attached hydrogens (tertiary/aromatic N) is 2. The molecule has 194 valence electrons. The molecule has 0 amide bonds. The summed E-state index contributed by atoms with van der Waals surface area (Å²) in [5.41, 5.74) is 2.05. The summed E-state index contributed by atoms with van der Waals surface area (Å²) in [6, 6.07) is 20.7. The van der Waals surface area contributed by atoms with E-state index in [1.54, 1.807) is 36.5 Å². The molecule has 7 nitrogen and oxygen atoms in total. The molecule has 1 aliphatic carbocycles. The molecule has 1 heterocycles. The van der Waals surface area contributed by atoms with Crippen molar-refractivity contribution in [1.82, 2.24) is 9.71 Å². The first-order valence-corrected chi connectivity index (χ1v) is 14.4. The van der Waals surface area contributed by atoms with Gasteiger partial charge in [0.1, 0.15) is 23.1 Å². The molecule has 0 radical (unpaired) electrons. The smallest absolute Gasteiger partial charge is 0.240 e. The average Bonchev–Trinajstić information content (AvgIpc) is 2.90. The van der Waals surface area contributed by atoms with Gasteiger partial charge in [0.2, 0.25) is 10.0 Å². The number of rotatable bonds is 7. The largest absolute Gasteiger partial charge is 0.456 e. The lowest BCUT2D eigenvalue weighted by atomic mass is 9.91. The average molecular weight is 567 g/mol. The molecule has 0 aliphatic heterocycles. The molecule has 0 bridgehead atoms. The maximum atomic E-state index is 13.0. The van der Waals surface area contributed by atoms with Gasteiger partial charge in [-0.1, -0.05) is 29.3 Å². The van der Waals surface area contributed by atoms with E-state index < -0.39 is 10.0 Å². The highest BCUT2D eigenvalue weighted by Crippen LogP contribution is 2.31. The van der Waals surface area contributed by atoms with E-state index in [1.807, 2.05) is 30.3 Å². The number of pyridine rings is 1. The molecular weight excluding hydrogens is 543 g/mol. The zero-order valence-electron chi connectivity index (χ0n) is 20.2. The van der Waals surface area contributed by atoms with Gasteiger partial charge in [0, 0.05) is 34.4 Å². The fraction of sp³-hybridized carbons (Fsp3) is 0.214. The van der Waals surface area contributed by atoms with Crippen molar-refractivity contribution in [1.29, 1.82) is 5.26 Å². The van der Waals surface area contributed by atoms with Crippen molar-refractivity contribution in [3.63, 3.8) is 0 Å². The zero-order chi connectivity index (χ0) is 26.7. The van der Waals surface area contributed by atoms with Crippen molar-refractivity contribution in [2.45, 2.75) is 42.7 Å². The SMILES string of the molecule is N#Cc1c(Cl)cccc1Oc1ccc(S(=O)(=O)N[C@H]2CC[C@@H](Nc3ccnc4cc(Cl)ccc34)CC2)cc1. The number of aromatic nitrogens is 1. The van der Waals surface area contributed by atoms with Gasteiger partial charge in [-0.25, -0.2) is 13.1 Å². The number of nitrogens with one attached hydrogen (secondary N) is 2. The van der Waals surface area contributed by atoms with Crippen LogP contribution in [0.3, 0.4) is 0 Å². The third-order valence-corrected chi connectivity index (χ3v) is 8.65. The Morgan fingerprint density at radius 2 is 1.68 bits per heavy atom. The van der Waals surface area contributed by atoms with E-state index in [4.69, 9.17) is 27.9 Å². The van der Waals surface area contributed by atoms with Crippen LogP contribution in [0.4, 0.5) is 5.69 Å². The quantitative estimate of drug-likeness (QED) is 0.252. The molecule has 38 heavy (non-hydrogen) atoms. The lowest BCUT2D eigenvalue weighted by Gasteiger charge is -2.30. The molecule has 5 rings (SSSR count). The summed E-state index contributed by atoms with van der Waals surface area (Å²) < 4.78 is 34.6. The second-order valence-corrected chi connectivity index (χ2v) is 11.7. The Hall–Kier alpha value is -3.35. The second kappa shape index (κ2) is 11.2. The molecular formula is C28H24Cl2N4O3S. The van der Waals surface area contributed by atoms with Crippen LogP contribution in [0.15, 0.2) is 77.8 Å². The monoisotopic (exact) mass is 566 g/mol. The number of benzene rings is 3. The summed E-state index contributed by atoms with van der Waals surface area (Å²) in [5, 5.41) is 14.8. The number of halogens is 2. The van der Waals surface area contributed by atoms with Crippen LogP contribution in [0.5, 0.6) is 11.5 Å². The van der Waals surface area contributed by atoms with Crippen molar-refractivity contribution < 1.29 is 13.2 Å². The number of hydrogen-bond donors (Lipinski definition) is 2. The molecule has 0 saturated heterocycles. The summed E-state index contributed by atoms with van der Waals surface area (Å²) in [4.78, 5) is 4.54. The van der Waals surface area contributed by atoms with E-state index in [0.717, 1.165) is 42.3 Å². The first kappa shape index (κ1) is 26.3. The van der Waals surface area contributed by atoms with Gasteiger partial charge < -0.3 is 10.1 Å². The number of fused-ring (bicyclic) bond motifs is 1. The van der Waals surface area contributed by atoms with E-state index in [-0.39, 0.29) is 27.6 Å². The normalized spacial score (nSPS) is 17.6. The Morgan fingerprint density at radius 1 is 0.947 bits per heavy atom. The lowest BCUT2D eigenvalue weighted by Crippen LogP contribution is -2.40. The van der Waals surface area contributed by atoms with Gasteiger partial charge in [0.15, 0.2) is 0 Å². The summed E-state index contributed by atoms with van der Waals surface area (Å²) in [6.07, 6.45) is 4.86. The first-order chi connectivity index (χ1) is 18.3. The predicted molar refractivity (Wildman–Crippen MR) is 149 cm³/mol. The topological polar surface area (TPSA) is 104 Å². The maximum absolute atomic E-state index is 13.0. The molecule has 2 N–H and O–H groups in total. The summed E-state index contributed by atoms with van der Waals surface area (Å²) in [5.74, 6) is 0.711. The van der Waals surface area contributed by atoms with Crippen LogP contribution in [0.25, 0.3) is 10.9 Å². The van der Waals surface area contributed by atoms with Gasteiger partial charge in [-0.3, -0.25) is 4.98 Å². The molecule has 1 aromatic heterocycles. The fourth-order valence-corrected chi connectivity index (χ4v) is 6.30. The van der Waals surface area contributed by atoms with Gasteiger partial charge in [-0.15, -0.1) is 0 Å². The van der Waals surface area contributed by atoms with Crippen LogP contribution in [-0.2, 0) is 10.0 Å². The van der Waals surface area contributed by atoms with Crippen LogP contribution >= 0.6 is 23.2 Å².